The topological polar surface area (TPSA) is 96.0 Å². The summed E-state index contributed by atoms with van der Waals surface area (Å²) in [5.41, 5.74) is 2.33. The van der Waals surface area contributed by atoms with E-state index in [2.05, 4.69) is 5.32 Å². The first kappa shape index (κ1) is 35.8. The minimum atomic E-state index is -4.30. The van der Waals surface area contributed by atoms with Gasteiger partial charge in [0, 0.05) is 35.1 Å². The van der Waals surface area contributed by atoms with E-state index < -0.39 is 28.5 Å². The smallest absolute Gasteiger partial charge is 0.264 e. The SMILES string of the molecule is CCCNC(=O)C(Cc1ccccc1)N(Cc1c(Cl)cccc1Cl)C(=O)CN(c1ccccc1OCC)S(=O)(=O)c1ccc(C)cc1. The summed E-state index contributed by atoms with van der Waals surface area (Å²) in [6.07, 6.45) is 0.856. The number of ether oxygens (including phenoxy) is 1. The summed E-state index contributed by atoms with van der Waals surface area (Å²) in [7, 11) is -4.30. The van der Waals surface area contributed by atoms with E-state index in [1.807, 2.05) is 44.2 Å². The van der Waals surface area contributed by atoms with Gasteiger partial charge in [0.05, 0.1) is 17.2 Å². The molecule has 0 aliphatic heterocycles. The van der Waals surface area contributed by atoms with Crippen LogP contribution in [0.2, 0.25) is 10.0 Å². The van der Waals surface area contributed by atoms with Crippen molar-refractivity contribution in [2.24, 2.45) is 0 Å². The normalized spacial score (nSPS) is 11.9. The van der Waals surface area contributed by atoms with Gasteiger partial charge in [0.2, 0.25) is 11.8 Å². The molecule has 4 rings (SSSR count). The summed E-state index contributed by atoms with van der Waals surface area (Å²) < 4.78 is 35.5. The third-order valence-corrected chi connectivity index (χ3v) is 10.0. The number of hydrogen-bond acceptors (Lipinski definition) is 5. The Morgan fingerprint density at radius 1 is 0.851 bits per heavy atom. The van der Waals surface area contributed by atoms with Crippen LogP contribution in [0.15, 0.2) is 102 Å². The number of sulfonamides is 1. The van der Waals surface area contributed by atoms with E-state index in [1.165, 1.54) is 17.0 Å². The van der Waals surface area contributed by atoms with Gasteiger partial charge in [0.15, 0.2) is 0 Å². The highest BCUT2D eigenvalue weighted by atomic mass is 35.5. The van der Waals surface area contributed by atoms with Gasteiger partial charge in [-0.05, 0) is 62.2 Å². The molecule has 4 aromatic carbocycles. The molecule has 4 aromatic rings. The van der Waals surface area contributed by atoms with E-state index in [0.717, 1.165) is 15.4 Å². The summed E-state index contributed by atoms with van der Waals surface area (Å²) in [4.78, 5) is 29.9. The average Bonchev–Trinajstić information content (AvgIpc) is 3.06. The highest BCUT2D eigenvalue weighted by Gasteiger charge is 2.36. The summed E-state index contributed by atoms with van der Waals surface area (Å²) in [5, 5.41) is 3.55. The van der Waals surface area contributed by atoms with Gasteiger partial charge >= 0.3 is 0 Å². The fraction of sp³-hybridized carbons (Fsp3) is 0.278. The predicted molar refractivity (Wildman–Crippen MR) is 188 cm³/mol. The standard InChI is InChI=1S/C36H39Cl2N3O5S/c1-4-22-39-36(43)33(23-27-12-7-6-8-13-27)40(24-29-30(37)14-11-15-31(29)38)35(42)25-41(32-16-9-10-17-34(32)46-5-2)47(44,45)28-20-18-26(3)19-21-28/h6-21,33H,4-5,22-25H2,1-3H3,(H,39,43). The molecule has 8 nitrogen and oxygen atoms in total. The second-order valence-electron chi connectivity index (χ2n) is 10.9. The minimum absolute atomic E-state index is 0.00410. The van der Waals surface area contributed by atoms with E-state index in [1.54, 1.807) is 61.5 Å². The van der Waals surface area contributed by atoms with E-state index in [4.69, 9.17) is 27.9 Å². The van der Waals surface area contributed by atoms with Crippen molar-refractivity contribution in [3.63, 3.8) is 0 Å². The predicted octanol–water partition coefficient (Wildman–Crippen LogP) is 7.06. The Bertz CT molecular complexity index is 1750. The van der Waals surface area contributed by atoms with Crippen molar-refractivity contribution in [2.45, 2.75) is 51.1 Å². The fourth-order valence-corrected chi connectivity index (χ4v) is 7.01. The van der Waals surface area contributed by atoms with Crippen LogP contribution in [0.5, 0.6) is 5.75 Å². The molecule has 0 aromatic heterocycles. The number of rotatable bonds is 15. The number of nitrogens with zero attached hydrogens (tertiary/aromatic N) is 2. The molecule has 248 valence electrons. The van der Waals surface area contributed by atoms with Gasteiger partial charge in [-0.15, -0.1) is 0 Å². The molecule has 0 aliphatic carbocycles. The third-order valence-electron chi connectivity index (χ3n) is 7.53. The number of para-hydroxylation sites is 2. The first-order chi connectivity index (χ1) is 22.6. The van der Waals surface area contributed by atoms with Crippen LogP contribution in [0.4, 0.5) is 5.69 Å². The van der Waals surface area contributed by atoms with E-state index in [0.29, 0.717) is 34.3 Å². The van der Waals surface area contributed by atoms with E-state index in [-0.39, 0.29) is 36.1 Å². The minimum Gasteiger partial charge on any atom is -0.492 e. The highest BCUT2D eigenvalue weighted by molar-refractivity contribution is 7.92. The zero-order valence-electron chi connectivity index (χ0n) is 26.7. The van der Waals surface area contributed by atoms with Gasteiger partial charge in [0.25, 0.3) is 10.0 Å². The molecule has 0 heterocycles. The quantitative estimate of drug-likeness (QED) is 0.144. The molecule has 0 radical (unpaired) electrons. The van der Waals surface area contributed by atoms with Gasteiger partial charge in [-0.3, -0.25) is 13.9 Å². The third kappa shape index (κ3) is 9.06. The molecular weight excluding hydrogens is 657 g/mol. The van der Waals surface area contributed by atoms with Crippen LogP contribution in [0.1, 0.15) is 37.0 Å². The Labute approximate surface area is 287 Å². The van der Waals surface area contributed by atoms with Crippen molar-refractivity contribution in [1.29, 1.82) is 0 Å². The number of hydrogen-bond donors (Lipinski definition) is 1. The van der Waals surface area contributed by atoms with Crippen molar-refractivity contribution in [3.8, 4) is 5.75 Å². The number of benzene rings is 4. The van der Waals surface area contributed by atoms with Crippen molar-refractivity contribution in [1.82, 2.24) is 10.2 Å². The zero-order chi connectivity index (χ0) is 34.0. The largest absolute Gasteiger partial charge is 0.492 e. The van der Waals surface area contributed by atoms with Crippen molar-refractivity contribution < 1.29 is 22.7 Å². The number of halogens is 2. The van der Waals surface area contributed by atoms with E-state index in [9.17, 15) is 18.0 Å². The lowest BCUT2D eigenvalue weighted by atomic mass is 10.0. The van der Waals surface area contributed by atoms with Crippen LogP contribution in [-0.4, -0.2) is 50.9 Å². The molecule has 47 heavy (non-hydrogen) atoms. The number of nitrogens with one attached hydrogen (secondary N) is 1. The second kappa shape index (κ2) is 16.7. The van der Waals surface area contributed by atoms with Crippen LogP contribution >= 0.6 is 23.2 Å². The number of amides is 2. The van der Waals surface area contributed by atoms with Crippen LogP contribution in [0.25, 0.3) is 0 Å². The summed E-state index contributed by atoms with van der Waals surface area (Å²) in [5.74, 6) is -0.717. The van der Waals surface area contributed by atoms with Crippen molar-refractivity contribution >= 4 is 50.7 Å². The molecule has 1 atom stereocenters. The second-order valence-corrected chi connectivity index (χ2v) is 13.6. The van der Waals surface area contributed by atoms with Crippen LogP contribution in [0, 0.1) is 6.92 Å². The summed E-state index contributed by atoms with van der Waals surface area (Å²) in [6, 6.07) is 26.4. The van der Waals surface area contributed by atoms with Gasteiger partial charge in [-0.25, -0.2) is 8.42 Å². The Balaban J connectivity index is 1.86. The number of aryl methyl sites for hydroxylation is 1. The van der Waals surface area contributed by atoms with Gasteiger partial charge in [-0.1, -0.05) is 96.4 Å². The molecule has 11 heteroatoms. The van der Waals surface area contributed by atoms with Gasteiger partial charge in [-0.2, -0.15) is 0 Å². The first-order valence-corrected chi connectivity index (χ1v) is 17.6. The lowest BCUT2D eigenvalue weighted by Gasteiger charge is -2.34. The van der Waals surface area contributed by atoms with Crippen molar-refractivity contribution in [3.05, 3.63) is 124 Å². The average molecular weight is 697 g/mol. The Kier molecular flexibility index (Phi) is 12.7. The lowest BCUT2D eigenvalue weighted by Crippen LogP contribution is -2.53. The lowest BCUT2D eigenvalue weighted by molar-refractivity contribution is -0.140. The molecule has 2 amide bonds. The fourth-order valence-electron chi connectivity index (χ4n) is 5.07. The molecule has 0 spiro atoms. The molecule has 0 fully saturated rings. The first-order valence-electron chi connectivity index (χ1n) is 15.4. The highest BCUT2D eigenvalue weighted by Crippen LogP contribution is 2.34. The maximum Gasteiger partial charge on any atom is 0.264 e. The number of carbonyl (C=O) groups is 2. The molecular formula is C36H39Cl2N3O5S. The molecule has 0 saturated carbocycles. The maximum absolute atomic E-state index is 14.7. The molecule has 0 saturated heterocycles. The van der Waals surface area contributed by atoms with Crippen LogP contribution in [0.3, 0.4) is 0 Å². The van der Waals surface area contributed by atoms with Crippen LogP contribution < -0.4 is 14.4 Å². The summed E-state index contributed by atoms with van der Waals surface area (Å²) in [6.45, 7) is 5.48. The molecule has 0 bridgehead atoms. The van der Waals surface area contributed by atoms with Crippen LogP contribution in [-0.2, 0) is 32.6 Å². The summed E-state index contributed by atoms with van der Waals surface area (Å²) >= 11 is 13.2. The maximum atomic E-state index is 14.7. The Morgan fingerprint density at radius 2 is 1.49 bits per heavy atom. The van der Waals surface area contributed by atoms with Gasteiger partial charge < -0.3 is 15.0 Å². The molecule has 0 aliphatic rings. The zero-order valence-corrected chi connectivity index (χ0v) is 29.0. The Hall–Kier alpha value is -4.05. The molecule has 1 unspecified atom stereocenters. The Morgan fingerprint density at radius 3 is 2.13 bits per heavy atom. The number of anilines is 1. The van der Waals surface area contributed by atoms with Crippen molar-refractivity contribution in [2.75, 3.05) is 24.0 Å². The van der Waals surface area contributed by atoms with Gasteiger partial charge in [0.1, 0.15) is 18.3 Å². The van der Waals surface area contributed by atoms with E-state index >= 15 is 0 Å². The monoisotopic (exact) mass is 695 g/mol. The number of carbonyl (C=O) groups excluding carboxylic acids is 2. The molecule has 1 N–H and O–H groups in total.